The number of rotatable bonds is 3. The Morgan fingerprint density at radius 2 is 2.06 bits per heavy atom. The highest BCUT2D eigenvalue weighted by Gasteiger charge is 2.02. The molecule has 0 atom stereocenters. The number of pyridine rings is 1. The van der Waals surface area contributed by atoms with Gasteiger partial charge in [-0.15, -0.1) is 0 Å². The molecule has 0 aliphatic rings. The normalized spacial score (nSPS) is 10.7. The summed E-state index contributed by atoms with van der Waals surface area (Å²) in [6.07, 6.45) is 5.24. The van der Waals surface area contributed by atoms with Gasteiger partial charge < -0.3 is 4.74 Å². The second-order valence-corrected chi connectivity index (χ2v) is 3.45. The van der Waals surface area contributed by atoms with Crippen LogP contribution in [0.1, 0.15) is 12.5 Å². The molecular weight excluding hydrogens is 217 g/mol. The lowest BCUT2D eigenvalue weighted by atomic mass is 10.2. The Balaban J connectivity index is 2.29. The fourth-order valence-corrected chi connectivity index (χ4v) is 1.47. The smallest absolute Gasteiger partial charge is 0.216 e. The van der Waals surface area contributed by atoms with Gasteiger partial charge in [0, 0.05) is 17.8 Å². The molecule has 0 radical (unpaired) electrons. The predicted molar refractivity (Wildman–Crippen MR) is 65.4 cm³/mol. The van der Waals surface area contributed by atoms with E-state index in [1.165, 1.54) is 12.3 Å². The van der Waals surface area contributed by atoms with Crippen molar-refractivity contribution in [3.05, 3.63) is 60.2 Å². The zero-order chi connectivity index (χ0) is 12.1. The van der Waals surface area contributed by atoms with Gasteiger partial charge in [0.1, 0.15) is 11.5 Å². The Hall–Kier alpha value is -2.16. The maximum Gasteiger partial charge on any atom is 0.216 e. The van der Waals surface area contributed by atoms with E-state index in [4.69, 9.17) is 4.74 Å². The number of ether oxygens (including phenoxy) is 1. The first-order valence-corrected chi connectivity index (χ1v) is 5.31. The zero-order valence-corrected chi connectivity index (χ0v) is 9.43. The van der Waals surface area contributed by atoms with Crippen LogP contribution in [0.15, 0.2) is 48.7 Å². The van der Waals surface area contributed by atoms with Gasteiger partial charge in [-0.3, -0.25) is 0 Å². The lowest BCUT2D eigenvalue weighted by molar-refractivity contribution is 0.471. The Bertz CT molecular complexity index is 537. The number of allylic oxidation sites excluding steroid dienone is 1. The fourth-order valence-electron chi connectivity index (χ4n) is 1.47. The van der Waals surface area contributed by atoms with Gasteiger partial charge in [0.2, 0.25) is 5.95 Å². The summed E-state index contributed by atoms with van der Waals surface area (Å²) in [7, 11) is 0. The van der Waals surface area contributed by atoms with E-state index in [0.29, 0.717) is 11.5 Å². The first-order chi connectivity index (χ1) is 8.29. The van der Waals surface area contributed by atoms with E-state index >= 15 is 0 Å². The van der Waals surface area contributed by atoms with E-state index in [0.717, 1.165) is 5.56 Å². The van der Waals surface area contributed by atoms with Crippen molar-refractivity contribution in [2.45, 2.75) is 6.92 Å². The summed E-state index contributed by atoms with van der Waals surface area (Å²) < 4.78 is 18.5. The van der Waals surface area contributed by atoms with Crippen molar-refractivity contribution < 1.29 is 9.13 Å². The fraction of sp³-hybridized carbons (Fsp3) is 0.0714. The third kappa shape index (κ3) is 2.91. The van der Waals surface area contributed by atoms with Crippen LogP contribution in [-0.4, -0.2) is 4.98 Å². The van der Waals surface area contributed by atoms with Gasteiger partial charge in [-0.2, -0.15) is 4.39 Å². The topological polar surface area (TPSA) is 22.1 Å². The largest absolute Gasteiger partial charge is 0.457 e. The summed E-state index contributed by atoms with van der Waals surface area (Å²) >= 11 is 0. The quantitative estimate of drug-likeness (QED) is 0.741. The molecular formula is C14H12FNO. The molecule has 0 fully saturated rings. The molecule has 0 N–H and O–H groups in total. The summed E-state index contributed by atoms with van der Waals surface area (Å²) in [6.45, 7) is 1.93. The molecule has 17 heavy (non-hydrogen) atoms. The summed E-state index contributed by atoms with van der Waals surface area (Å²) in [5.41, 5.74) is 0.951. The molecule has 1 heterocycles. The number of aromatic nitrogens is 1. The van der Waals surface area contributed by atoms with Crippen LogP contribution in [0.25, 0.3) is 6.08 Å². The van der Waals surface area contributed by atoms with Crippen LogP contribution in [0.2, 0.25) is 0 Å². The second kappa shape index (κ2) is 5.25. The van der Waals surface area contributed by atoms with E-state index in [2.05, 4.69) is 4.98 Å². The summed E-state index contributed by atoms with van der Waals surface area (Å²) in [5, 5.41) is 0. The van der Waals surface area contributed by atoms with Crippen molar-refractivity contribution in [2.24, 2.45) is 0 Å². The number of para-hydroxylation sites is 1. The minimum Gasteiger partial charge on any atom is -0.457 e. The maximum absolute atomic E-state index is 12.9. The monoisotopic (exact) mass is 229 g/mol. The summed E-state index contributed by atoms with van der Waals surface area (Å²) in [5.74, 6) is 0.580. The second-order valence-electron chi connectivity index (χ2n) is 3.45. The van der Waals surface area contributed by atoms with Gasteiger partial charge in [0.05, 0.1) is 0 Å². The van der Waals surface area contributed by atoms with Gasteiger partial charge in [-0.05, 0) is 19.1 Å². The molecule has 0 saturated heterocycles. The van der Waals surface area contributed by atoms with Gasteiger partial charge in [0.15, 0.2) is 0 Å². The number of halogens is 1. The Morgan fingerprint density at radius 3 is 2.82 bits per heavy atom. The van der Waals surface area contributed by atoms with Crippen molar-refractivity contribution in [1.29, 1.82) is 0 Å². The minimum atomic E-state index is -0.550. The third-order valence-electron chi connectivity index (χ3n) is 2.19. The van der Waals surface area contributed by atoms with E-state index in [9.17, 15) is 4.39 Å². The summed E-state index contributed by atoms with van der Waals surface area (Å²) in [6, 6.07) is 10.5. The van der Waals surface area contributed by atoms with Crippen LogP contribution in [0, 0.1) is 5.95 Å². The van der Waals surface area contributed by atoms with Gasteiger partial charge in [-0.25, -0.2) is 4.98 Å². The molecule has 86 valence electrons. The van der Waals surface area contributed by atoms with E-state index < -0.39 is 5.95 Å². The molecule has 0 unspecified atom stereocenters. The van der Waals surface area contributed by atoms with Crippen molar-refractivity contribution >= 4 is 6.08 Å². The molecule has 0 saturated carbocycles. The SMILES string of the molecule is C/C=C/c1ccccc1Oc1ccnc(F)c1. The van der Waals surface area contributed by atoms with Gasteiger partial charge in [-0.1, -0.05) is 30.4 Å². The molecule has 0 aliphatic heterocycles. The van der Waals surface area contributed by atoms with Crippen LogP contribution in [0.5, 0.6) is 11.5 Å². The van der Waals surface area contributed by atoms with Crippen LogP contribution < -0.4 is 4.74 Å². The average molecular weight is 229 g/mol. The molecule has 2 rings (SSSR count). The first kappa shape index (κ1) is 11.3. The van der Waals surface area contributed by atoms with E-state index in [-0.39, 0.29) is 0 Å². The van der Waals surface area contributed by atoms with Crippen LogP contribution in [0.3, 0.4) is 0 Å². The molecule has 0 spiro atoms. The molecule has 1 aromatic carbocycles. The lowest BCUT2D eigenvalue weighted by Crippen LogP contribution is -1.89. The molecule has 2 nitrogen and oxygen atoms in total. The highest BCUT2D eigenvalue weighted by Crippen LogP contribution is 2.25. The Labute approximate surface area is 99.4 Å². The van der Waals surface area contributed by atoms with E-state index in [1.54, 1.807) is 6.07 Å². The van der Waals surface area contributed by atoms with Crippen molar-refractivity contribution in [3.63, 3.8) is 0 Å². The standard InChI is InChI=1S/C14H12FNO/c1-2-5-11-6-3-4-7-13(11)17-12-8-9-16-14(15)10-12/h2-10H,1H3/b5-2+. The Morgan fingerprint density at radius 1 is 1.24 bits per heavy atom. The number of benzene rings is 1. The highest BCUT2D eigenvalue weighted by atomic mass is 19.1. The van der Waals surface area contributed by atoms with Gasteiger partial charge in [0.25, 0.3) is 0 Å². The Kier molecular flexibility index (Phi) is 3.50. The van der Waals surface area contributed by atoms with E-state index in [1.807, 2.05) is 43.3 Å². The highest BCUT2D eigenvalue weighted by molar-refractivity contribution is 5.57. The molecule has 0 bridgehead atoms. The van der Waals surface area contributed by atoms with Crippen molar-refractivity contribution in [1.82, 2.24) is 4.98 Å². The number of nitrogens with zero attached hydrogens (tertiary/aromatic N) is 1. The average Bonchev–Trinajstić information content (AvgIpc) is 2.32. The van der Waals surface area contributed by atoms with Crippen LogP contribution in [-0.2, 0) is 0 Å². The lowest BCUT2D eigenvalue weighted by Gasteiger charge is -2.08. The first-order valence-electron chi connectivity index (χ1n) is 5.31. The van der Waals surface area contributed by atoms with Crippen LogP contribution >= 0.6 is 0 Å². The summed E-state index contributed by atoms with van der Waals surface area (Å²) in [4.78, 5) is 3.48. The molecule has 1 aromatic heterocycles. The zero-order valence-electron chi connectivity index (χ0n) is 9.43. The molecule has 0 amide bonds. The molecule has 3 heteroatoms. The third-order valence-corrected chi connectivity index (χ3v) is 2.19. The maximum atomic E-state index is 12.9. The van der Waals surface area contributed by atoms with Crippen molar-refractivity contribution in [2.75, 3.05) is 0 Å². The van der Waals surface area contributed by atoms with Crippen molar-refractivity contribution in [3.8, 4) is 11.5 Å². The number of hydrogen-bond acceptors (Lipinski definition) is 2. The number of hydrogen-bond donors (Lipinski definition) is 0. The predicted octanol–water partition coefficient (Wildman–Crippen LogP) is 4.05. The van der Waals surface area contributed by atoms with Crippen LogP contribution in [0.4, 0.5) is 4.39 Å². The minimum absolute atomic E-state index is 0.439. The van der Waals surface area contributed by atoms with Gasteiger partial charge >= 0.3 is 0 Å². The molecule has 2 aromatic rings. The molecule has 0 aliphatic carbocycles.